The summed E-state index contributed by atoms with van der Waals surface area (Å²) in [6.45, 7) is 4.25. The summed E-state index contributed by atoms with van der Waals surface area (Å²) in [6, 6.07) is 0. The van der Waals surface area contributed by atoms with Crippen LogP contribution in [0.4, 0.5) is 0 Å². The average Bonchev–Trinajstić information content (AvgIpc) is 2.34. The van der Waals surface area contributed by atoms with Gasteiger partial charge in [-0.3, -0.25) is 0 Å². The lowest BCUT2D eigenvalue weighted by Crippen LogP contribution is -2.49. The summed E-state index contributed by atoms with van der Waals surface area (Å²) in [7, 11) is 0. The first-order valence-electron chi connectivity index (χ1n) is 4.52. The first-order chi connectivity index (χ1) is 5.77. The lowest BCUT2D eigenvalue weighted by molar-refractivity contribution is -0.705. The molecule has 0 amide bonds. The van der Waals surface area contributed by atoms with E-state index in [-0.39, 0.29) is 0 Å². The second-order valence-corrected chi connectivity index (χ2v) is 2.96. The molecular weight excluding hydrogens is 152 g/mol. The fourth-order valence-corrected chi connectivity index (χ4v) is 1.19. The van der Waals surface area contributed by atoms with Gasteiger partial charge in [0.25, 0.3) is 5.82 Å². The molecule has 1 heterocycles. The van der Waals surface area contributed by atoms with Crippen LogP contribution in [0.25, 0.3) is 0 Å². The van der Waals surface area contributed by atoms with Crippen molar-refractivity contribution in [1.82, 2.24) is 10.1 Å². The molecule has 68 valence electrons. The maximum atomic E-state index is 5.66. The predicted molar refractivity (Wildman–Crippen MR) is 46.9 cm³/mol. The fourth-order valence-electron chi connectivity index (χ4n) is 1.19. The normalized spacial score (nSPS) is 10.5. The Morgan fingerprint density at radius 2 is 2.00 bits per heavy atom. The molecule has 1 aromatic rings. The number of hydrogen-bond acceptors (Lipinski definition) is 2. The van der Waals surface area contributed by atoms with Gasteiger partial charge in [0, 0.05) is 6.42 Å². The summed E-state index contributed by atoms with van der Waals surface area (Å²) >= 11 is 0. The van der Waals surface area contributed by atoms with Gasteiger partial charge in [-0.25, -0.2) is 5.84 Å². The molecule has 1 rings (SSSR count). The molecular formula is C8H17N4+. The zero-order valence-electron chi connectivity index (χ0n) is 7.80. The Morgan fingerprint density at radius 1 is 1.33 bits per heavy atom. The first-order valence-corrected chi connectivity index (χ1v) is 4.52. The summed E-state index contributed by atoms with van der Waals surface area (Å²) in [5.74, 6) is 7.59. The Balaban J connectivity index is 2.70. The number of aryl methyl sites for hydroxylation is 2. The number of nitrogen functional groups attached to an aromatic ring is 1. The Labute approximate surface area is 72.8 Å². The second-order valence-electron chi connectivity index (χ2n) is 2.96. The van der Waals surface area contributed by atoms with E-state index < -0.39 is 0 Å². The van der Waals surface area contributed by atoms with E-state index in [1.807, 2.05) is 0 Å². The minimum atomic E-state index is 0.941. The molecule has 12 heavy (non-hydrogen) atoms. The van der Waals surface area contributed by atoms with E-state index >= 15 is 0 Å². The molecule has 0 spiro atoms. The first kappa shape index (κ1) is 9.03. The van der Waals surface area contributed by atoms with E-state index in [9.17, 15) is 0 Å². The molecule has 0 bridgehead atoms. The summed E-state index contributed by atoms with van der Waals surface area (Å²) in [4.78, 5) is 5.89. The zero-order chi connectivity index (χ0) is 8.97. The summed E-state index contributed by atoms with van der Waals surface area (Å²) < 4.78 is 0. The van der Waals surface area contributed by atoms with Crippen LogP contribution >= 0.6 is 0 Å². The van der Waals surface area contributed by atoms with Crippen molar-refractivity contribution in [2.45, 2.75) is 39.5 Å². The van der Waals surface area contributed by atoms with E-state index in [2.05, 4.69) is 23.9 Å². The maximum Gasteiger partial charge on any atom is 0.342 e. The van der Waals surface area contributed by atoms with Gasteiger partial charge in [-0.1, -0.05) is 18.6 Å². The number of aromatic amines is 1. The molecule has 0 atom stereocenters. The van der Waals surface area contributed by atoms with Crippen LogP contribution in [0.5, 0.6) is 0 Å². The molecule has 0 saturated carbocycles. The van der Waals surface area contributed by atoms with E-state index in [0.717, 1.165) is 37.3 Å². The fraction of sp³-hybridized carbons (Fsp3) is 0.750. The van der Waals surface area contributed by atoms with Gasteiger partial charge in [-0.15, -0.1) is 0 Å². The lowest BCUT2D eigenvalue weighted by Gasteiger charge is -1.84. The maximum absolute atomic E-state index is 5.66. The van der Waals surface area contributed by atoms with Gasteiger partial charge in [-0.2, -0.15) is 5.10 Å². The highest BCUT2D eigenvalue weighted by Gasteiger charge is 2.15. The van der Waals surface area contributed by atoms with Crippen molar-refractivity contribution in [3.05, 3.63) is 11.6 Å². The van der Waals surface area contributed by atoms with Crippen molar-refractivity contribution in [1.29, 1.82) is 0 Å². The summed E-state index contributed by atoms with van der Waals surface area (Å²) in [5.41, 5.74) is 0. The van der Waals surface area contributed by atoms with Gasteiger partial charge in [0.2, 0.25) is 0 Å². The third-order valence-corrected chi connectivity index (χ3v) is 1.75. The quantitative estimate of drug-likeness (QED) is 0.503. The van der Waals surface area contributed by atoms with Crippen molar-refractivity contribution in [2.24, 2.45) is 0 Å². The van der Waals surface area contributed by atoms with Crippen molar-refractivity contribution in [3.63, 3.8) is 0 Å². The molecule has 0 aromatic carbocycles. The highest BCUT2D eigenvalue weighted by molar-refractivity contribution is 4.84. The third kappa shape index (κ3) is 1.96. The minimum absolute atomic E-state index is 0.941. The van der Waals surface area contributed by atoms with Gasteiger partial charge in [0.05, 0.1) is 6.42 Å². The van der Waals surface area contributed by atoms with Gasteiger partial charge < -0.3 is 0 Å². The van der Waals surface area contributed by atoms with Gasteiger partial charge in [0.15, 0.2) is 0 Å². The molecule has 0 radical (unpaired) electrons. The van der Waals surface area contributed by atoms with Crippen LogP contribution in [0.1, 0.15) is 38.3 Å². The van der Waals surface area contributed by atoms with Gasteiger partial charge >= 0.3 is 5.82 Å². The number of aromatic nitrogens is 3. The number of H-pyrrole nitrogens is 1. The average molecular weight is 169 g/mol. The molecule has 0 aliphatic rings. The SMILES string of the molecule is CCCc1nc(CCC)[n+](N)[nH]1. The van der Waals surface area contributed by atoms with Crippen LogP contribution in [0.2, 0.25) is 0 Å². The van der Waals surface area contributed by atoms with Crippen LogP contribution in [-0.2, 0) is 12.8 Å². The van der Waals surface area contributed by atoms with E-state index in [1.54, 1.807) is 0 Å². The van der Waals surface area contributed by atoms with E-state index in [4.69, 9.17) is 5.84 Å². The zero-order valence-corrected chi connectivity index (χ0v) is 7.80. The monoisotopic (exact) mass is 169 g/mol. The molecule has 3 N–H and O–H groups in total. The van der Waals surface area contributed by atoms with Crippen molar-refractivity contribution in [3.8, 4) is 0 Å². The molecule has 4 nitrogen and oxygen atoms in total. The highest BCUT2D eigenvalue weighted by Crippen LogP contribution is 1.96. The molecule has 4 heteroatoms. The molecule has 1 aromatic heterocycles. The number of nitrogens with zero attached hydrogens (tertiary/aromatic N) is 2. The Morgan fingerprint density at radius 3 is 2.58 bits per heavy atom. The Kier molecular flexibility index (Phi) is 3.08. The molecule has 0 aliphatic carbocycles. The predicted octanol–water partition coefficient (Wildman–Crippen LogP) is 0.316. The molecule has 0 unspecified atom stereocenters. The number of nitrogens with one attached hydrogen (secondary N) is 1. The van der Waals surface area contributed by atoms with Crippen molar-refractivity contribution in [2.75, 3.05) is 5.84 Å². The van der Waals surface area contributed by atoms with E-state index in [1.165, 1.54) is 4.79 Å². The summed E-state index contributed by atoms with van der Waals surface area (Å²) in [6.07, 6.45) is 4.09. The highest BCUT2D eigenvalue weighted by atomic mass is 15.5. The van der Waals surface area contributed by atoms with Crippen LogP contribution in [-0.4, -0.2) is 10.1 Å². The number of nitrogens with two attached hydrogens (primary N) is 1. The Bertz CT molecular complexity index is 241. The second kappa shape index (κ2) is 4.09. The topological polar surface area (TPSA) is 58.6 Å². The Hall–Kier alpha value is -1.06. The largest absolute Gasteiger partial charge is 0.342 e. The third-order valence-electron chi connectivity index (χ3n) is 1.75. The standard InChI is InChI=1S/C8H16N4/c1-3-5-7-10-8(6-4-2)12(9)11-7/h3-6,9H2,1-2H3/p+1. The van der Waals surface area contributed by atoms with Crippen molar-refractivity contribution >= 4 is 0 Å². The van der Waals surface area contributed by atoms with Crippen molar-refractivity contribution < 1.29 is 4.79 Å². The van der Waals surface area contributed by atoms with Crippen LogP contribution in [0, 0.1) is 0 Å². The molecule has 0 saturated heterocycles. The number of rotatable bonds is 4. The van der Waals surface area contributed by atoms with Gasteiger partial charge in [0.1, 0.15) is 0 Å². The molecule has 0 fully saturated rings. The minimum Gasteiger partial charge on any atom is -0.250 e. The smallest absolute Gasteiger partial charge is 0.250 e. The van der Waals surface area contributed by atoms with Crippen LogP contribution < -0.4 is 10.6 Å². The lowest BCUT2D eigenvalue weighted by atomic mass is 10.3. The summed E-state index contributed by atoms with van der Waals surface area (Å²) in [5, 5.41) is 3.01. The number of hydrogen-bond donors (Lipinski definition) is 2. The van der Waals surface area contributed by atoms with Crippen LogP contribution in [0.3, 0.4) is 0 Å². The van der Waals surface area contributed by atoms with Gasteiger partial charge in [-0.05, 0) is 17.8 Å². The molecule has 0 aliphatic heterocycles. The van der Waals surface area contributed by atoms with E-state index in [0.29, 0.717) is 0 Å². The van der Waals surface area contributed by atoms with Crippen LogP contribution in [0.15, 0.2) is 0 Å².